The summed E-state index contributed by atoms with van der Waals surface area (Å²) in [6.07, 6.45) is 5.14. The summed E-state index contributed by atoms with van der Waals surface area (Å²) in [5, 5.41) is 12.2. The fourth-order valence-corrected chi connectivity index (χ4v) is 3.95. The van der Waals surface area contributed by atoms with Gasteiger partial charge in [0.2, 0.25) is 5.91 Å². The molecule has 1 fully saturated rings. The van der Waals surface area contributed by atoms with E-state index in [0.717, 1.165) is 6.42 Å². The van der Waals surface area contributed by atoms with Crippen molar-refractivity contribution in [1.82, 2.24) is 20.1 Å². The first-order valence-corrected chi connectivity index (χ1v) is 9.40. The number of nitrogens with one attached hydrogen (secondary N) is 1. The van der Waals surface area contributed by atoms with Crippen LogP contribution in [0.1, 0.15) is 33.1 Å². The Labute approximate surface area is 146 Å². The number of aromatic nitrogens is 3. The van der Waals surface area contributed by atoms with Crippen molar-refractivity contribution in [2.45, 2.75) is 44.3 Å². The van der Waals surface area contributed by atoms with Crippen LogP contribution in [0.3, 0.4) is 0 Å². The van der Waals surface area contributed by atoms with E-state index in [9.17, 15) is 4.79 Å². The lowest BCUT2D eigenvalue weighted by atomic mass is 9.78. The minimum absolute atomic E-state index is 0.0634. The van der Waals surface area contributed by atoms with Crippen molar-refractivity contribution in [2.75, 3.05) is 5.75 Å². The normalized spacial score (nSPS) is 24.0. The van der Waals surface area contributed by atoms with Crippen molar-refractivity contribution in [2.24, 2.45) is 18.9 Å². The van der Waals surface area contributed by atoms with E-state index in [1.165, 1.54) is 24.6 Å². The Morgan fingerprint density at radius 3 is 3.00 bits per heavy atom. The molecule has 0 bridgehead atoms. The molecule has 1 saturated carbocycles. The quantitative estimate of drug-likeness (QED) is 0.841. The molecule has 3 atom stereocenters. The number of carbonyl (C=O) groups is 1. The minimum atomic E-state index is 0.0634. The molecule has 6 nitrogen and oxygen atoms in total. The van der Waals surface area contributed by atoms with Gasteiger partial charge in [0, 0.05) is 13.1 Å². The van der Waals surface area contributed by atoms with Crippen molar-refractivity contribution in [3.05, 3.63) is 18.4 Å². The Balaban J connectivity index is 1.55. The Morgan fingerprint density at radius 2 is 2.25 bits per heavy atom. The monoisotopic (exact) mass is 348 g/mol. The van der Waals surface area contributed by atoms with E-state index in [4.69, 9.17) is 4.42 Å². The Kier molecular flexibility index (Phi) is 5.28. The van der Waals surface area contributed by atoms with Crippen LogP contribution in [0.25, 0.3) is 11.6 Å². The highest BCUT2D eigenvalue weighted by atomic mass is 32.2. The number of thioether (sulfide) groups is 1. The van der Waals surface area contributed by atoms with Crippen LogP contribution in [0.2, 0.25) is 0 Å². The molecule has 3 rings (SSSR count). The molecule has 2 aromatic rings. The van der Waals surface area contributed by atoms with Crippen molar-refractivity contribution in [1.29, 1.82) is 0 Å². The zero-order chi connectivity index (χ0) is 17.1. The smallest absolute Gasteiger partial charge is 0.230 e. The number of nitrogens with zero attached hydrogens (tertiary/aromatic N) is 3. The second-order valence-corrected chi connectivity index (χ2v) is 7.51. The van der Waals surface area contributed by atoms with Crippen LogP contribution in [0.5, 0.6) is 0 Å². The Bertz CT molecular complexity index is 683. The third kappa shape index (κ3) is 3.66. The Hall–Kier alpha value is -1.76. The van der Waals surface area contributed by atoms with E-state index < -0.39 is 0 Å². The van der Waals surface area contributed by atoms with Crippen LogP contribution >= 0.6 is 11.8 Å². The molecule has 1 aliphatic carbocycles. The molecule has 0 unspecified atom stereocenters. The molecule has 1 amide bonds. The topological polar surface area (TPSA) is 73.0 Å². The first-order chi connectivity index (χ1) is 11.6. The third-order valence-corrected chi connectivity index (χ3v) is 5.98. The van der Waals surface area contributed by atoms with Crippen molar-refractivity contribution < 1.29 is 9.21 Å². The second-order valence-electron chi connectivity index (χ2n) is 6.57. The summed E-state index contributed by atoms with van der Waals surface area (Å²) < 4.78 is 7.20. The molecule has 1 N–H and O–H groups in total. The molecule has 1 aliphatic rings. The van der Waals surface area contributed by atoms with Crippen molar-refractivity contribution >= 4 is 17.7 Å². The van der Waals surface area contributed by atoms with Crippen LogP contribution in [0.15, 0.2) is 28.0 Å². The standard InChI is InChI=1S/C17H24N4O2S/c1-11-6-4-7-13(12(11)2)18-15(22)10-24-17-20-19-16(21(17)3)14-8-5-9-23-14/h5,8-9,11-13H,4,6-7,10H2,1-3H3,(H,18,22)/t11-,12-,13+/m1/s1. The van der Waals surface area contributed by atoms with Gasteiger partial charge < -0.3 is 14.3 Å². The van der Waals surface area contributed by atoms with E-state index in [2.05, 4.69) is 29.4 Å². The van der Waals surface area contributed by atoms with Gasteiger partial charge in [0.05, 0.1) is 12.0 Å². The van der Waals surface area contributed by atoms with E-state index in [0.29, 0.717) is 40.4 Å². The van der Waals surface area contributed by atoms with Gasteiger partial charge in [-0.05, 0) is 30.4 Å². The second kappa shape index (κ2) is 7.42. The summed E-state index contributed by atoms with van der Waals surface area (Å²) >= 11 is 1.40. The number of hydrogen-bond acceptors (Lipinski definition) is 5. The highest BCUT2D eigenvalue weighted by Crippen LogP contribution is 2.29. The number of amides is 1. The summed E-state index contributed by atoms with van der Waals surface area (Å²) in [4.78, 5) is 12.3. The van der Waals surface area contributed by atoms with Gasteiger partial charge in [0.1, 0.15) is 0 Å². The van der Waals surface area contributed by atoms with Crippen LogP contribution in [-0.4, -0.2) is 32.5 Å². The van der Waals surface area contributed by atoms with Crippen molar-refractivity contribution in [3.63, 3.8) is 0 Å². The SMILES string of the molecule is C[C@@H]1[C@H](C)CCC[C@@H]1NC(=O)CSc1nnc(-c2ccco2)n1C. The van der Waals surface area contributed by atoms with Crippen molar-refractivity contribution in [3.8, 4) is 11.6 Å². The molecular formula is C17H24N4O2S. The zero-order valence-electron chi connectivity index (χ0n) is 14.4. The average molecular weight is 348 g/mol. The lowest BCUT2D eigenvalue weighted by molar-refractivity contribution is -0.120. The number of carbonyl (C=O) groups excluding carboxylic acids is 1. The number of rotatable bonds is 5. The molecule has 130 valence electrons. The molecule has 0 aliphatic heterocycles. The van der Waals surface area contributed by atoms with Gasteiger partial charge in [-0.15, -0.1) is 10.2 Å². The predicted octanol–water partition coefficient (Wildman–Crippen LogP) is 3.11. The summed E-state index contributed by atoms with van der Waals surface area (Å²) in [6, 6.07) is 3.95. The third-order valence-electron chi connectivity index (χ3n) is 4.96. The first kappa shape index (κ1) is 17.1. The van der Waals surface area contributed by atoms with Gasteiger partial charge in [-0.1, -0.05) is 38.5 Å². The van der Waals surface area contributed by atoms with Gasteiger partial charge in [0.25, 0.3) is 0 Å². The average Bonchev–Trinajstić information content (AvgIpc) is 3.19. The lowest BCUT2D eigenvalue weighted by Crippen LogP contribution is -2.44. The molecule has 0 saturated heterocycles. The number of furan rings is 1. The maximum atomic E-state index is 12.3. The maximum Gasteiger partial charge on any atom is 0.230 e. The van der Waals surface area contributed by atoms with Gasteiger partial charge in [0.15, 0.2) is 16.7 Å². The summed E-state index contributed by atoms with van der Waals surface area (Å²) in [5.74, 6) is 2.96. The molecule has 7 heteroatoms. The van der Waals surface area contributed by atoms with Crippen LogP contribution in [0, 0.1) is 11.8 Å². The van der Waals surface area contributed by atoms with Crippen LogP contribution < -0.4 is 5.32 Å². The predicted molar refractivity (Wildman–Crippen MR) is 93.5 cm³/mol. The summed E-state index contributed by atoms with van der Waals surface area (Å²) in [7, 11) is 1.88. The molecule has 0 aromatic carbocycles. The first-order valence-electron chi connectivity index (χ1n) is 8.41. The largest absolute Gasteiger partial charge is 0.461 e. The molecular weight excluding hydrogens is 324 g/mol. The van der Waals surface area contributed by atoms with E-state index in [-0.39, 0.29) is 5.91 Å². The van der Waals surface area contributed by atoms with E-state index in [1.54, 1.807) is 6.26 Å². The number of hydrogen-bond donors (Lipinski definition) is 1. The fourth-order valence-electron chi connectivity index (χ4n) is 3.23. The summed E-state index contributed by atoms with van der Waals surface area (Å²) in [5.41, 5.74) is 0. The zero-order valence-corrected chi connectivity index (χ0v) is 15.2. The van der Waals surface area contributed by atoms with Crippen LogP contribution in [-0.2, 0) is 11.8 Å². The molecule has 2 heterocycles. The fraction of sp³-hybridized carbons (Fsp3) is 0.588. The molecule has 24 heavy (non-hydrogen) atoms. The molecule has 2 aromatic heterocycles. The van der Waals surface area contributed by atoms with E-state index >= 15 is 0 Å². The maximum absolute atomic E-state index is 12.3. The Morgan fingerprint density at radius 1 is 1.42 bits per heavy atom. The van der Waals surface area contributed by atoms with Gasteiger partial charge >= 0.3 is 0 Å². The van der Waals surface area contributed by atoms with E-state index in [1.807, 2.05) is 23.7 Å². The van der Waals surface area contributed by atoms with Gasteiger partial charge in [-0.25, -0.2) is 0 Å². The van der Waals surface area contributed by atoms with Gasteiger partial charge in [-0.3, -0.25) is 4.79 Å². The van der Waals surface area contributed by atoms with Gasteiger partial charge in [-0.2, -0.15) is 0 Å². The highest BCUT2D eigenvalue weighted by Gasteiger charge is 2.28. The molecule has 0 spiro atoms. The molecule has 0 radical (unpaired) electrons. The summed E-state index contributed by atoms with van der Waals surface area (Å²) in [6.45, 7) is 4.51. The van der Waals surface area contributed by atoms with Crippen LogP contribution in [0.4, 0.5) is 0 Å². The highest BCUT2D eigenvalue weighted by molar-refractivity contribution is 7.99. The minimum Gasteiger partial charge on any atom is -0.461 e. The lowest BCUT2D eigenvalue weighted by Gasteiger charge is -2.34.